The molecule has 0 saturated carbocycles. The molecule has 1 aromatic carbocycles. The maximum Gasteiger partial charge on any atom is 0.175 e. The van der Waals surface area contributed by atoms with Gasteiger partial charge in [-0.25, -0.2) is 8.42 Å². The molecule has 0 saturated heterocycles. The van der Waals surface area contributed by atoms with Crippen LogP contribution in [-0.2, 0) is 9.84 Å². The highest BCUT2D eigenvalue weighted by molar-refractivity contribution is 7.90. The van der Waals surface area contributed by atoms with Gasteiger partial charge in [0.05, 0.1) is 4.90 Å². The molecule has 0 fully saturated rings. The lowest BCUT2D eigenvalue weighted by atomic mass is 10.2. The Bertz CT molecular complexity index is 579. The Morgan fingerprint density at radius 2 is 1.93 bits per heavy atom. The molecular formula is C10H10O2S2. The largest absolute Gasteiger partial charge is 0.224 e. The fraction of sp³-hybridized carbons (Fsp3) is 0.200. The first-order valence-electron chi connectivity index (χ1n) is 4.17. The molecule has 4 heteroatoms. The van der Waals surface area contributed by atoms with Gasteiger partial charge in [0.1, 0.15) is 0 Å². The van der Waals surface area contributed by atoms with Gasteiger partial charge in [0.25, 0.3) is 0 Å². The number of thiophene rings is 1. The van der Waals surface area contributed by atoms with Gasteiger partial charge in [0.15, 0.2) is 9.84 Å². The Morgan fingerprint density at radius 3 is 2.57 bits per heavy atom. The monoisotopic (exact) mass is 226 g/mol. The maximum absolute atomic E-state index is 11.3. The van der Waals surface area contributed by atoms with E-state index in [4.69, 9.17) is 0 Å². The van der Waals surface area contributed by atoms with Crippen molar-refractivity contribution in [2.45, 2.75) is 11.8 Å². The average molecular weight is 226 g/mol. The van der Waals surface area contributed by atoms with Crippen molar-refractivity contribution in [2.75, 3.05) is 6.26 Å². The summed E-state index contributed by atoms with van der Waals surface area (Å²) in [5.41, 5.74) is 0. The highest BCUT2D eigenvalue weighted by Gasteiger charge is 2.08. The van der Waals surface area contributed by atoms with Gasteiger partial charge in [-0.1, -0.05) is 0 Å². The molecule has 0 unspecified atom stereocenters. The molecule has 0 amide bonds. The third kappa shape index (κ3) is 1.67. The van der Waals surface area contributed by atoms with E-state index >= 15 is 0 Å². The van der Waals surface area contributed by atoms with E-state index in [1.165, 1.54) is 11.1 Å². The standard InChI is InChI=1S/C10H10O2S2/c1-7-5-8-6-9(14(2,11)12)3-4-10(8)13-7/h3-6H,1-2H3. The number of sulfone groups is 1. The highest BCUT2D eigenvalue weighted by Crippen LogP contribution is 2.27. The Morgan fingerprint density at radius 1 is 1.21 bits per heavy atom. The van der Waals surface area contributed by atoms with Gasteiger partial charge in [-0.05, 0) is 36.6 Å². The molecule has 0 N–H and O–H groups in total. The van der Waals surface area contributed by atoms with Gasteiger partial charge in [-0.3, -0.25) is 0 Å². The first kappa shape index (κ1) is 9.68. The molecule has 0 aliphatic carbocycles. The summed E-state index contributed by atoms with van der Waals surface area (Å²) >= 11 is 1.68. The predicted octanol–water partition coefficient (Wildman–Crippen LogP) is 2.61. The number of rotatable bonds is 1. The van der Waals surface area contributed by atoms with Crippen molar-refractivity contribution in [3.63, 3.8) is 0 Å². The second kappa shape index (κ2) is 3.07. The molecule has 1 heterocycles. The Balaban J connectivity index is 2.74. The van der Waals surface area contributed by atoms with E-state index < -0.39 is 9.84 Å². The van der Waals surface area contributed by atoms with E-state index in [2.05, 4.69) is 0 Å². The van der Waals surface area contributed by atoms with Crippen molar-refractivity contribution >= 4 is 31.3 Å². The third-order valence-electron chi connectivity index (χ3n) is 2.04. The van der Waals surface area contributed by atoms with Crippen molar-refractivity contribution in [2.24, 2.45) is 0 Å². The zero-order valence-electron chi connectivity index (χ0n) is 7.94. The third-order valence-corrected chi connectivity index (χ3v) is 4.18. The summed E-state index contributed by atoms with van der Waals surface area (Å²) in [6.45, 7) is 2.02. The van der Waals surface area contributed by atoms with Crippen LogP contribution in [0.3, 0.4) is 0 Å². The van der Waals surface area contributed by atoms with Crippen molar-refractivity contribution in [3.8, 4) is 0 Å². The van der Waals surface area contributed by atoms with Crippen LogP contribution < -0.4 is 0 Å². The van der Waals surface area contributed by atoms with E-state index in [0.717, 1.165) is 10.1 Å². The van der Waals surface area contributed by atoms with Crippen LogP contribution in [-0.4, -0.2) is 14.7 Å². The number of benzene rings is 1. The molecule has 2 aromatic rings. The molecule has 0 aliphatic rings. The molecule has 0 aliphatic heterocycles. The van der Waals surface area contributed by atoms with Crippen molar-refractivity contribution in [1.82, 2.24) is 0 Å². The van der Waals surface area contributed by atoms with Gasteiger partial charge in [-0.2, -0.15) is 0 Å². The Labute approximate surface area is 87.1 Å². The van der Waals surface area contributed by atoms with Crippen LogP contribution in [0, 0.1) is 6.92 Å². The zero-order chi connectivity index (χ0) is 10.3. The van der Waals surface area contributed by atoms with Gasteiger partial charge in [0.2, 0.25) is 0 Å². The van der Waals surface area contributed by atoms with Crippen molar-refractivity contribution in [3.05, 3.63) is 29.1 Å². The molecule has 2 rings (SSSR count). The average Bonchev–Trinajstić information content (AvgIpc) is 2.41. The van der Waals surface area contributed by atoms with Crippen molar-refractivity contribution < 1.29 is 8.42 Å². The SMILES string of the molecule is Cc1cc2cc(S(C)(=O)=O)ccc2s1. The van der Waals surface area contributed by atoms with Crippen LogP contribution in [0.25, 0.3) is 10.1 Å². The van der Waals surface area contributed by atoms with Crippen LogP contribution in [0.2, 0.25) is 0 Å². The second-order valence-electron chi connectivity index (χ2n) is 3.33. The van der Waals surface area contributed by atoms with Crippen LogP contribution in [0.5, 0.6) is 0 Å². The molecule has 0 spiro atoms. The summed E-state index contributed by atoms with van der Waals surface area (Å²) in [7, 11) is -3.08. The molecule has 74 valence electrons. The number of fused-ring (bicyclic) bond motifs is 1. The van der Waals surface area contributed by atoms with Crippen LogP contribution in [0.4, 0.5) is 0 Å². The van der Waals surface area contributed by atoms with Crippen LogP contribution >= 0.6 is 11.3 Å². The summed E-state index contributed by atoms with van der Waals surface area (Å²) in [6, 6.07) is 7.26. The van der Waals surface area contributed by atoms with Gasteiger partial charge in [0, 0.05) is 15.8 Å². The lowest BCUT2D eigenvalue weighted by molar-refractivity contribution is 0.602. The first-order chi connectivity index (χ1) is 6.47. The zero-order valence-corrected chi connectivity index (χ0v) is 9.58. The summed E-state index contributed by atoms with van der Waals surface area (Å²) < 4.78 is 23.7. The Kier molecular flexibility index (Phi) is 2.12. The summed E-state index contributed by atoms with van der Waals surface area (Å²) in [6.07, 6.45) is 1.23. The van der Waals surface area contributed by atoms with E-state index in [0.29, 0.717) is 4.90 Å². The topological polar surface area (TPSA) is 34.1 Å². The molecule has 0 radical (unpaired) electrons. The molecule has 14 heavy (non-hydrogen) atoms. The van der Waals surface area contributed by atoms with Crippen LogP contribution in [0.1, 0.15) is 4.88 Å². The molecule has 2 nitrogen and oxygen atoms in total. The molecule has 0 bridgehead atoms. The van der Waals surface area contributed by atoms with Gasteiger partial charge >= 0.3 is 0 Å². The minimum absolute atomic E-state index is 0.391. The second-order valence-corrected chi connectivity index (χ2v) is 6.63. The molecule has 1 aromatic heterocycles. The minimum atomic E-state index is -3.08. The summed E-state index contributed by atoms with van der Waals surface area (Å²) in [5, 5.41) is 1.01. The van der Waals surface area contributed by atoms with E-state index in [1.807, 2.05) is 19.1 Å². The highest BCUT2D eigenvalue weighted by atomic mass is 32.2. The van der Waals surface area contributed by atoms with Crippen molar-refractivity contribution in [1.29, 1.82) is 0 Å². The first-order valence-corrected chi connectivity index (χ1v) is 6.88. The summed E-state index contributed by atoms with van der Waals surface area (Å²) in [5.74, 6) is 0. The van der Waals surface area contributed by atoms with Crippen LogP contribution in [0.15, 0.2) is 29.2 Å². The Hall–Kier alpha value is -0.870. The predicted molar refractivity (Wildman–Crippen MR) is 59.7 cm³/mol. The quantitative estimate of drug-likeness (QED) is 0.749. The van der Waals surface area contributed by atoms with E-state index in [9.17, 15) is 8.42 Å². The molecule has 0 atom stereocenters. The number of hydrogen-bond acceptors (Lipinski definition) is 3. The lowest BCUT2D eigenvalue weighted by Crippen LogP contribution is -1.95. The maximum atomic E-state index is 11.3. The van der Waals surface area contributed by atoms with E-state index in [1.54, 1.807) is 23.5 Å². The minimum Gasteiger partial charge on any atom is -0.224 e. The van der Waals surface area contributed by atoms with E-state index in [-0.39, 0.29) is 0 Å². The normalized spacial score (nSPS) is 12.1. The van der Waals surface area contributed by atoms with Gasteiger partial charge < -0.3 is 0 Å². The number of aryl methyl sites for hydroxylation is 1. The summed E-state index contributed by atoms with van der Waals surface area (Å²) in [4.78, 5) is 1.59. The lowest BCUT2D eigenvalue weighted by Gasteiger charge is -1.96. The fourth-order valence-electron chi connectivity index (χ4n) is 1.38. The molecular weight excluding hydrogens is 216 g/mol. The fourth-order valence-corrected chi connectivity index (χ4v) is 2.95. The smallest absolute Gasteiger partial charge is 0.175 e. The number of hydrogen-bond donors (Lipinski definition) is 0. The van der Waals surface area contributed by atoms with Gasteiger partial charge in [-0.15, -0.1) is 11.3 Å².